The number of hydrogen-bond acceptors (Lipinski definition) is 30. The number of carbonyl (C=O) groups excluding carboxylic acids is 3. The van der Waals surface area contributed by atoms with Crippen LogP contribution in [0.5, 0.6) is 0 Å². The SMILES string of the molecule is CC(=O)Nc1nc2cc(B(O)O)ccc2o1.CC(=O)Nc1nc2ccc(B(O)O)cc2o1.CC(=O)Nc1noc2cc(B3OC(C)(C)C(C)(C)O3)ccc12.CC1(C)OB(c2ccc3onc(NC4CC4)c3c2)OC1(C)C.CNc1noc2ccc(B3OC(C)(C)C(C)(C)O3)cc12.Nc1nc2cc(B(O)O)ccc2o1. The molecule has 3 amide bonds. The maximum absolute atomic E-state index is 11.1. The lowest BCUT2D eigenvalue weighted by Gasteiger charge is -2.32. The third-order valence-electron chi connectivity index (χ3n) is 19.2. The van der Waals surface area contributed by atoms with Crippen molar-refractivity contribution in [1.82, 2.24) is 30.4 Å². The van der Waals surface area contributed by atoms with Gasteiger partial charge in [-0.2, -0.15) is 15.0 Å². The number of benzene rings is 6. The van der Waals surface area contributed by atoms with Gasteiger partial charge in [0.1, 0.15) is 16.6 Å². The summed E-state index contributed by atoms with van der Waals surface area (Å²) in [5.74, 6) is 1.20. The molecule has 4 aliphatic rings. The van der Waals surface area contributed by atoms with E-state index in [4.69, 9.17) is 90.6 Å². The molecule has 1 saturated carbocycles. The first-order valence-electron chi connectivity index (χ1n) is 34.8. The number of nitrogen functional groups attached to an aromatic ring is 1. The van der Waals surface area contributed by atoms with Crippen LogP contribution < -0.4 is 65.1 Å². The molecule has 12 aromatic rings. The molecule has 568 valence electrons. The van der Waals surface area contributed by atoms with Crippen molar-refractivity contribution >= 4 is 195 Å². The first-order chi connectivity index (χ1) is 51.2. The van der Waals surface area contributed by atoms with E-state index in [-0.39, 0.29) is 72.4 Å². The van der Waals surface area contributed by atoms with Gasteiger partial charge in [0, 0.05) is 33.9 Å². The van der Waals surface area contributed by atoms with E-state index in [1.807, 2.05) is 111 Å². The normalized spacial score (nSPS) is 16.7. The highest BCUT2D eigenvalue weighted by molar-refractivity contribution is 6.64. The highest BCUT2D eigenvalue weighted by Gasteiger charge is 2.54. The smallest absolute Gasteiger partial charge is 0.424 e. The molecular formula is C70H84B6N12O21. The summed E-state index contributed by atoms with van der Waals surface area (Å²) in [5.41, 5.74) is 12.0. The molecule has 1 aliphatic carbocycles. The van der Waals surface area contributed by atoms with Gasteiger partial charge < -0.3 is 107 Å². The molecule has 0 atom stereocenters. The van der Waals surface area contributed by atoms with Crippen LogP contribution in [-0.2, 0) is 42.3 Å². The molecule has 33 nitrogen and oxygen atoms in total. The lowest BCUT2D eigenvalue weighted by molar-refractivity contribution is -0.115. The summed E-state index contributed by atoms with van der Waals surface area (Å²) in [6.07, 6.45) is 2.40. The molecule has 3 aliphatic heterocycles. The quantitative estimate of drug-likeness (QED) is 0.0718. The van der Waals surface area contributed by atoms with Gasteiger partial charge in [0.05, 0.1) is 49.8 Å². The molecular weight excluding hydrogens is 1410 g/mol. The first kappa shape index (κ1) is 79.9. The number of fused-ring (bicyclic) bond motifs is 6. The van der Waals surface area contributed by atoms with Crippen molar-refractivity contribution in [2.45, 2.75) is 156 Å². The summed E-state index contributed by atoms with van der Waals surface area (Å²) < 4.78 is 67.7. The Kier molecular flexibility index (Phi) is 23.1. The van der Waals surface area contributed by atoms with Crippen molar-refractivity contribution in [3.05, 3.63) is 109 Å². The maximum atomic E-state index is 11.1. The van der Waals surface area contributed by atoms with E-state index in [1.165, 1.54) is 70.0 Å². The van der Waals surface area contributed by atoms with Crippen molar-refractivity contribution < 1.29 is 99.3 Å². The molecule has 0 radical (unpaired) electrons. The standard InChI is InChI=1S/C16H21BN2O3.C15H19BN2O4.C14H19BN2O3.2C9H9BN2O4.C7H7BN2O3/c1-15(2)16(3,4)22-17(21-15)10-5-8-13-12(9-10)14(19-20-13)18-11-6-7-11;1-9(19)17-13-11-7-6-10(8-12(11)20-18-13)16-21-14(2,3)15(4,5)22-16;1-13(2)14(3,4)20-15(19-13)9-6-7-11-10(8-9)12(16-5)17-18-11;1-5(13)11-9-12-7-4-6(10(14)15)2-3-8(7)16-9;1-5(13)11-9-12-7-3-2-6(10(14)15)4-8(7)16-9;9-7-10-5-3-4(8(11)12)1-2-6(5)13-7/h5,8-9,11H,6-7H2,1-4H3,(H,18,19);6-8H,1-5H3,(H,17,18,19);6-8H,1-5H3,(H,16,17);2*2-4,14-15H,1H3,(H,11,12,13);1-3,11-12H,(H2,9,10). The fourth-order valence-corrected chi connectivity index (χ4v) is 10.9. The van der Waals surface area contributed by atoms with E-state index in [1.54, 1.807) is 18.2 Å². The topological polar surface area (TPSA) is 470 Å². The molecule has 13 N–H and O–H groups in total. The van der Waals surface area contributed by atoms with Crippen LogP contribution in [0, 0.1) is 0 Å². The largest absolute Gasteiger partial charge is 0.494 e. The van der Waals surface area contributed by atoms with E-state index < -0.39 is 39.7 Å². The Balaban J connectivity index is 0.000000131. The Hall–Kier alpha value is -10.1. The van der Waals surface area contributed by atoms with Crippen LogP contribution in [0.2, 0.25) is 0 Å². The van der Waals surface area contributed by atoms with Gasteiger partial charge in [0.15, 0.2) is 51.0 Å². The van der Waals surface area contributed by atoms with Crippen LogP contribution in [0.25, 0.3) is 66.2 Å². The molecule has 16 rings (SSSR count). The van der Waals surface area contributed by atoms with E-state index in [2.05, 4.69) is 90.8 Å². The number of carbonyl (C=O) groups is 3. The minimum absolute atomic E-state index is 0.0691. The average molecular weight is 1490 g/mol. The van der Waals surface area contributed by atoms with Crippen molar-refractivity contribution in [3.63, 3.8) is 0 Å². The zero-order chi connectivity index (χ0) is 79.0. The monoisotopic (exact) mass is 1490 g/mol. The number of aromatic nitrogens is 6. The number of nitrogens with two attached hydrogens (primary N) is 1. The summed E-state index contributed by atoms with van der Waals surface area (Å²) in [7, 11) is -3.98. The van der Waals surface area contributed by atoms with Crippen LogP contribution in [0.1, 0.15) is 117 Å². The number of hydrogen-bond donors (Lipinski definition) is 12. The van der Waals surface area contributed by atoms with Gasteiger partial charge in [-0.3, -0.25) is 25.0 Å². The minimum Gasteiger partial charge on any atom is -0.424 e. The highest BCUT2D eigenvalue weighted by atomic mass is 16.7. The number of rotatable bonds is 12. The fourth-order valence-electron chi connectivity index (χ4n) is 10.9. The summed E-state index contributed by atoms with van der Waals surface area (Å²) in [6, 6.07) is 31.9. The van der Waals surface area contributed by atoms with E-state index in [9.17, 15) is 14.4 Å². The summed E-state index contributed by atoms with van der Waals surface area (Å²) in [4.78, 5) is 44.5. The number of amides is 3. The van der Waals surface area contributed by atoms with E-state index >= 15 is 0 Å². The Morgan fingerprint density at radius 2 is 0.789 bits per heavy atom. The first-order valence-corrected chi connectivity index (χ1v) is 34.8. The van der Waals surface area contributed by atoms with Gasteiger partial charge >= 0.3 is 54.7 Å². The van der Waals surface area contributed by atoms with Crippen molar-refractivity contribution in [2.24, 2.45) is 0 Å². The lowest BCUT2D eigenvalue weighted by atomic mass is 9.78. The van der Waals surface area contributed by atoms with Crippen LogP contribution in [0.3, 0.4) is 0 Å². The third-order valence-corrected chi connectivity index (χ3v) is 19.2. The summed E-state index contributed by atoms with van der Waals surface area (Å²) in [6.45, 7) is 28.6. The second-order valence-electron chi connectivity index (χ2n) is 29.2. The molecule has 6 aromatic carbocycles. The lowest BCUT2D eigenvalue weighted by Crippen LogP contribution is -2.41. The second kappa shape index (κ2) is 31.4. The Bertz CT molecular complexity index is 5140. The number of oxazole rings is 3. The predicted octanol–water partition coefficient (Wildman–Crippen LogP) is 4.98. The number of nitrogens with zero attached hydrogens (tertiary/aromatic N) is 6. The molecule has 109 heavy (non-hydrogen) atoms. The highest BCUT2D eigenvalue weighted by Crippen LogP contribution is 2.40. The fraction of sp³-hybridized carbons (Fsp3) is 0.357. The second-order valence-corrected chi connectivity index (χ2v) is 29.2. The molecule has 6 aromatic heterocycles. The molecule has 39 heteroatoms. The summed E-state index contributed by atoms with van der Waals surface area (Å²) in [5, 5.41) is 82.0. The molecule has 0 spiro atoms. The zero-order valence-electron chi connectivity index (χ0n) is 62.9. The third kappa shape index (κ3) is 18.4. The predicted molar refractivity (Wildman–Crippen MR) is 414 cm³/mol. The molecule has 0 unspecified atom stereocenters. The molecule has 0 bridgehead atoms. The van der Waals surface area contributed by atoms with Crippen LogP contribution in [0.4, 0.5) is 35.5 Å². The van der Waals surface area contributed by atoms with Gasteiger partial charge in [-0.1, -0.05) is 51.9 Å². The zero-order valence-corrected chi connectivity index (χ0v) is 62.9. The molecule has 3 saturated heterocycles. The minimum atomic E-state index is -1.56. The number of anilines is 6. The Labute approximate surface area is 626 Å². The maximum Gasteiger partial charge on any atom is 0.494 e. The van der Waals surface area contributed by atoms with E-state index in [0.717, 1.165) is 55.3 Å². The molecule has 9 heterocycles. The van der Waals surface area contributed by atoms with Crippen molar-refractivity contribution in [1.29, 1.82) is 0 Å². The van der Waals surface area contributed by atoms with Crippen LogP contribution in [-0.4, -0.2) is 168 Å². The van der Waals surface area contributed by atoms with Gasteiger partial charge in [0.25, 0.3) is 6.01 Å². The molecule has 4 fully saturated rings. The Morgan fingerprint density at radius 1 is 0.413 bits per heavy atom. The van der Waals surface area contributed by atoms with Crippen molar-refractivity contribution in [2.75, 3.05) is 39.4 Å². The number of nitrogens with one attached hydrogen (secondary N) is 5. The average Bonchev–Trinajstić information content (AvgIpc) is 1.63. The Morgan fingerprint density at radius 3 is 1.25 bits per heavy atom. The van der Waals surface area contributed by atoms with Crippen LogP contribution >= 0.6 is 0 Å². The van der Waals surface area contributed by atoms with Gasteiger partial charge in [-0.25, -0.2) is 0 Å². The van der Waals surface area contributed by atoms with Gasteiger partial charge in [-0.05, 0) is 201 Å². The van der Waals surface area contributed by atoms with E-state index in [0.29, 0.717) is 67.1 Å². The van der Waals surface area contributed by atoms with Gasteiger partial charge in [-0.15, -0.1) is 0 Å². The van der Waals surface area contributed by atoms with Gasteiger partial charge in [0.2, 0.25) is 17.7 Å². The van der Waals surface area contributed by atoms with Crippen molar-refractivity contribution in [3.8, 4) is 0 Å². The summed E-state index contributed by atoms with van der Waals surface area (Å²) >= 11 is 0. The van der Waals surface area contributed by atoms with Crippen LogP contribution in [0.15, 0.2) is 136 Å².